The molecule has 0 saturated carbocycles. The van der Waals surface area contributed by atoms with Gasteiger partial charge in [0.15, 0.2) is 16.6 Å². The summed E-state index contributed by atoms with van der Waals surface area (Å²) in [5, 5.41) is 8.49. The molecule has 8 heteroatoms. The molecule has 1 aliphatic rings. The summed E-state index contributed by atoms with van der Waals surface area (Å²) in [6.07, 6.45) is 1.76. The predicted octanol–water partition coefficient (Wildman–Crippen LogP) is 5.14. The van der Waals surface area contributed by atoms with E-state index in [-0.39, 0.29) is 0 Å². The second kappa shape index (κ2) is 9.35. The minimum Gasteiger partial charge on any atom is -0.486 e. The molecule has 4 rings (SSSR count). The lowest BCUT2D eigenvalue weighted by Crippen LogP contribution is -2.28. The van der Waals surface area contributed by atoms with Gasteiger partial charge in [-0.15, -0.1) is 0 Å². The largest absolute Gasteiger partial charge is 0.486 e. The van der Waals surface area contributed by atoms with Gasteiger partial charge in [0.25, 0.3) is 0 Å². The summed E-state index contributed by atoms with van der Waals surface area (Å²) in [6.45, 7) is 1.74. The molecule has 0 spiro atoms. The van der Waals surface area contributed by atoms with Crippen molar-refractivity contribution in [1.82, 2.24) is 10.3 Å². The van der Waals surface area contributed by atoms with Gasteiger partial charge in [-0.05, 0) is 66.3 Å². The summed E-state index contributed by atoms with van der Waals surface area (Å²) < 4.78 is 11.1. The van der Waals surface area contributed by atoms with Crippen molar-refractivity contribution in [2.24, 2.45) is 0 Å². The van der Waals surface area contributed by atoms with E-state index in [9.17, 15) is 0 Å². The smallest absolute Gasteiger partial charge is 0.171 e. The van der Waals surface area contributed by atoms with Crippen molar-refractivity contribution in [2.45, 2.75) is 16.5 Å². The predicted molar refractivity (Wildman–Crippen MR) is 120 cm³/mol. The fourth-order valence-electron chi connectivity index (χ4n) is 2.69. The highest BCUT2D eigenvalue weighted by molar-refractivity contribution is 7.99. The van der Waals surface area contributed by atoms with Crippen LogP contribution >= 0.6 is 35.6 Å². The molecule has 0 aliphatic carbocycles. The molecule has 148 valence electrons. The monoisotopic (exact) mass is 443 g/mol. The summed E-state index contributed by atoms with van der Waals surface area (Å²) in [6, 6.07) is 17.5. The number of nitrogens with zero attached hydrogens (tertiary/aromatic N) is 1. The Balaban J connectivity index is 1.28. The first-order chi connectivity index (χ1) is 14.2. The van der Waals surface area contributed by atoms with Crippen LogP contribution in [0.1, 0.15) is 5.56 Å². The number of benzene rings is 2. The molecular weight excluding hydrogens is 426 g/mol. The normalized spacial score (nSPS) is 12.3. The fraction of sp³-hybridized carbons (Fsp3) is 0.143. The number of thiocarbonyl (C=S) groups is 1. The second-order valence-electron chi connectivity index (χ2n) is 6.23. The van der Waals surface area contributed by atoms with E-state index in [4.69, 9.17) is 33.3 Å². The average molecular weight is 444 g/mol. The van der Waals surface area contributed by atoms with Gasteiger partial charge in [-0.3, -0.25) is 0 Å². The van der Waals surface area contributed by atoms with Crippen LogP contribution in [0.4, 0.5) is 5.69 Å². The molecule has 3 aromatic rings. The van der Waals surface area contributed by atoms with E-state index in [1.165, 1.54) is 0 Å². The third-order valence-corrected chi connectivity index (χ3v) is 5.55. The molecular formula is C21H18ClN3O2S2. The van der Waals surface area contributed by atoms with E-state index in [1.54, 1.807) is 18.0 Å². The Kier molecular flexibility index (Phi) is 6.39. The Labute approximate surface area is 183 Å². The molecule has 1 aromatic heterocycles. The maximum Gasteiger partial charge on any atom is 0.171 e. The maximum atomic E-state index is 5.92. The SMILES string of the molecule is S=C(NCc1ccc2c(c1)OCCO2)Nc1ccc(Sc2ccc(Cl)cc2)nc1. The van der Waals surface area contributed by atoms with Gasteiger partial charge in [0.2, 0.25) is 0 Å². The zero-order chi connectivity index (χ0) is 20.1. The number of rotatable bonds is 5. The highest BCUT2D eigenvalue weighted by atomic mass is 35.5. The van der Waals surface area contributed by atoms with Crippen molar-refractivity contribution >= 4 is 46.4 Å². The number of pyridine rings is 1. The molecule has 0 amide bonds. The molecule has 29 heavy (non-hydrogen) atoms. The van der Waals surface area contributed by atoms with Gasteiger partial charge in [-0.25, -0.2) is 4.98 Å². The molecule has 2 aromatic carbocycles. The molecule has 0 atom stereocenters. The number of fused-ring (bicyclic) bond motifs is 1. The molecule has 0 fully saturated rings. The lowest BCUT2D eigenvalue weighted by atomic mass is 10.2. The van der Waals surface area contributed by atoms with E-state index in [0.29, 0.717) is 24.9 Å². The summed E-state index contributed by atoms with van der Waals surface area (Å²) in [5.74, 6) is 1.55. The van der Waals surface area contributed by atoms with Gasteiger partial charge < -0.3 is 20.1 Å². The Hall–Kier alpha value is -2.48. The first-order valence-corrected chi connectivity index (χ1v) is 10.6. The van der Waals surface area contributed by atoms with Crippen molar-refractivity contribution in [3.05, 3.63) is 71.4 Å². The quantitative estimate of drug-likeness (QED) is 0.529. The summed E-state index contributed by atoms with van der Waals surface area (Å²) in [5.41, 5.74) is 1.89. The minimum absolute atomic E-state index is 0.528. The summed E-state index contributed by atoms with van der Waals surface area (Å²) in [4.78, 5) is 5.55. The summed E-state index contributed by atoms with van der Waals surface area (Å²) >= 11 is 12.9. The lowest BCUT2D eigenvalue weighted by Gasteiger charge is -2.19. The number of nitrogens with one attached hydrogen (secondary N) is 2. The molecule has 0 unspecified atom stereocenters. The van der Waals surface area contributed by atoms with Crippen LogP contribution in [-0.2, 0) is 6.54 Å². The van der Waals surface area contributed by atoms with Gasteiger partial charge in [0.1, 0.15) is 18.2 Å². The van der Waals surface area contributed by atoms with E-state index in [0.717, 1.165) is 37.7 Å². The van der Waals surface area contributed by atoms with Crippen LogP contribution in [0, 0.1) is 0 Å². The fourth-order valence-corrected chi connectivity index (χ4v) is 3.76. The number of ether oxygens (including phenoxy) is 2. The van der Waals surface area contributed by atoms with Crippen LogP contribution in [-0.4, -0.2) is 23.3 Å². The number of hydrogen-bond donors (Lipinski definition) is 2. The van der Waals surface area contributed by atoms with Gasteiger partial charge in [0, 0.05) is 16.5 Å². The average Bonchev–Trinajstić information content (AvgIpc) is 2.75. The van der Waals surface area contributed by atoms with Crippen LogP contribution in [0.3, 0.4) is 0 Å². The molecule has 1 aliphatic heterocycles. The van der Waals surface area contributed by atoms with Crippen LogP contribution in [0.15, 0.2) is 70.7 Å². The lowest BCUT2D eigenvalue weighted by molar-refractivity contribution is 0.171. The highest BCUT2D eigenvalue weighted by Crippen LogP contribution is 2.31. The van der Waals surface area contributed by atoms with E-state index < -0.39 is 0 Å². The number of halogens is 1. The van der Waals surface area contributed by atoms with Crippen molar-refractivity contribution in [2.75, 3.05) is 18.5 Å². The van der Waals surface area contributed by atoms with E-state index in [2.05, 4.69) is 15.6 Å². The Morgan fingerprint density at radius 3 is 2.59 bits per heavy atom. The number of anilines is 1. The van der Waals surface area contributed by atoms with Crippen LogP contribution in [0.2, 0.25) is 5.02 Å². The zero-order valence-corrected chi connectivity index (χ0v) is 17.7. The second-order valence-corrected chi connectivity index (χ2v) is 8.17. The van der Waals surface area contributed by atoms with E-state index in [1.807, 2.05) is 54.6 Å². The number of aromatic nitrogens is 1. The van der Waals surface area contributed by atoms with Crippen LogP contribution in [0.5, 0.6) is 11.5 Å². The van der Waals surface area contributed by atoms with Gasteiger partial charge in [-0.2, -0.15) is 0 Å². The topological polar surface area (TPSA) is 55.4 Å². The van der Waals surface area contributed by atoms with Crippen LogP contribution < -0.4 is 20.1 Å². The van der Waals surface area contributed by atoms with Gasteiger partial charge >= 0.3 is 0 Å². The molecule has 0 saturated heterocycles. The first-order valence-electron chi connectivity index (χ1n) is 8.98. The third-order valence-electron chi connectivity index (χ3n) is 4.09. The van der Waals surface area contributed by atoms with Gasteiger partial charge in [-0.1, -0.05) is 29.4 Å². The molecule has 0 bridgehead atoms. The Morgan fingerprint density at radius 1 is 1.03 bits per heavy atom. The van der Waals surface area contributed by atoms with Crippen molar-refractivity contribution in [1.29, 1.82) is 0 Å². The third kappa shape index (κ3) is 5.53. The zero-order valence-electron chi connectivity index (χ0n) is 15.4. The van der Waals surface area contributed by atoms with Crippen LogP contribution in [0.25, 0.3) is 0 Å². The van der Waals surface area contributed by atoms with Crippen molar-refractivity contribution in [3.63, 3.8) is 0 Å². The molecule has 0 radical (unpaired) electrons. The first kappa shape index (κ1) is 19.8. The highest BCUT2D eigenvalue weighted by Gasteiger charge is 2.11. The van der Waals surface area contributed by atoms with Crippen molar-refractivity contribution < 1.29 is 9.47 Å². The van der Waals surface area contributed by atoms with Crippen molar-refractivity contribution in [3.8, 4) is 11.5 Å². The molecule has 5 nitrogen and oxygen atoms in total. The van der Waals surface area contributed by atoms with Gasteiger partial charge in [0.05, 0.1) is 11.9 Å². The maximum absolute atomic E-state index is 5.92. The Morgan fingerprint density at radius 2 is 1.83 bits per heavy atom. The molecule has 2 heterocycles. The standard InChI is InChI=1S/C21H18ClN3O2S2/c22-15-2-5-17(6-3-15)29-20-8-4-16(13-23-20)25-21(28)24-12-14-1-7-18-19(11-14)27-10-9-26-18/h1-8,11,13H,9-10,12H2,(H2,24,25,28). The molecule has 2 N–H and O–H groups in total. The summed E-state index contributed by atoms with van der Waals surface area (Å²) in [7, 11) is 0. The minimum atomic E-state index is 0.528. The number of hydrogen-bond acceptors (Lipinski definition) is 5. The van der Waals surface area contributed by atoms with E-state index >= 15 is 0 Å². The Bertz CT molecular complexity index is 998.